The summed E-state index contributed by atoms with van der Waals surface area (Å²) < 4.78 is 1.82. The predicted octanol–water partition coefficient (Wildman–Crippen LogP) is 6.52. The third kappa shape index (κ3) is 7.64. The molecule has 0 saturated heterocycles. The number of hydrogen-bond acceptors (Lipinski definition) is 3. The van der Waals surface area contributed by atoms with Crippen molar-refractivity contribution >= 4 is 46.6 Å². The van der Waals surface area contributed by atoms with E-state index >= 15 is 0 Å². The van der Waals surface area contributed by atoms with Crippen LogP contribution in [0.3, 0.4) is 0 Å². The van der Waals surface area contributed by atoms with Crippen molar-refractivity contribution in [1.29, 1.82) is 0 Å². The number of amides is 3. The number of unbranched alkanes of at least 4 members (excludes halogenated alkanes) is 1. The van der Waals surface area contributed by atoms with Crippen LogP contribution in [0.1, 0.15) is 67.0 Å². The van der Waals surface area contributed by atoms with E-state index in [1.165, 1.54) is 4.90 Å². The first kappa shape index (κ1) is 27.0. The van der Waals surface area contributed by atoms with Crippen molar-refractivity contribution < 1.29 is 9.59 Å². The first-order valence-electron chi connectivity index (χ1n) is 11.1. The van der Waals surface area contributed by atoms with Crippen LogP contribution in [0.4, 0.5) is 16.3 Å². The molecule has 33 heavy (non-hydrogen) atoms. The lowest BCUT2D eigenvalue weighted by Crippen LogP contribution is -2.41. The van der Waals surface area contributed by atoms with Gasteiger partial charge >= 0.3 is 6.03 Å². The zero-order valence-electron chi connectivity index (χ0n) is 20.6. The van der Waals surface area contributed by atoms with Gasteiger partial charge in [0, 0.05) is 23.7 Å². The predicted molar refractivity (Wildman–Crippen MR) is 137 cm³/mol. The van der Waals surface area contributed by atoms with Gasteiger partial charge in [-0.1, -0.05) is 57.3 Å². The third-order valence-corrected chi connectivity index (χ3v) is 5.69. The molecule has 3 amide bonds. The van der Waals surface area contributed by atoms with Crippen molar-refractivity contribution in [2.45, 2.75) is 72.3 Å². The molecule has 0 fully saturated rings. The molecule has 182 valence electrons. The molecule has 0 bridgehead atoms. The minimum Gasteiger partial charge on any atom is -0.315 e. The molecule has 1 aromatic heterocycles. The monoisotopic (exact) mass is 495 g/mol. The highest BCUT2D eigenvalue weighted by Crippen LogP contribution is 2.28. The number of benzene rings is 1. The van der Waals surface area contributed by atoms with E-state index in [9.17, 15) is 9.59 Å². The summed E-state index contributed by atoms with van der Waals surface area (Å²) in [6, 6.07) is 6.38. The van der Waals surface area contributed by atoms with Crippen LogP contribution in [0, 0.1) is 0 Å². The topological polar surface area (TPSA) is 79.3 Å². The van der Waals surface area contributed by atoms with Gasteiger partial charge in [-0.25, -0.2) is 9.48 Å². The van der Waals surface area contributed by atoms with Crippen LogP contribution in [0.15, 0.2) is 24.3 Å². The summed E-state index contributed by atoms with van der Waals surface area (Å²) in [7, 11) is 0. The molecule has 0 atom stereocenters. The number of hydrogen-bond donors (Lipinski definition) is 2. The largest absolute Gasteiger partial charge is 0.322 e. The Kier molecular flexibility index (Phi) is 8.82. The van der Waals surface area contributed by atoms with E-state index in [1.807, 2.05) is 38.4 Å². The lowest BCUT2D eigenvalue weighted by atomic mass is 9.92. The van der Waals surface area contributed by atoms with Crippen LogP contribution >= 0.6 is 23.2 Å². The summed E-state index contributed by atoms with van der Waals surface area (Å²) in [6.07, 6.45) is 1.67. The van der Waals surface area contributed by atoms with Crippen LogP contribution in [0.2, 0.25) is 10.0 Å². The first-order chi connectivity index (χ1) is 15.2. The van der Waals surface area contributed by atoms with Crippen molar-refractivity contribution in [2.24, 2.45) is 0 Å². The first-order valence-corrected chi connectivity index (χ1v) is 11.9. The average Bonchev–Trinajstić information content (AvgIpc) is 3.12. The SMILES string of the molecule is CCCCN(CC(=O)Nc1cc(C(C)(C)C)nn1C(C)(C)C)C(=O)Nc1ccc(Cl)c(Cl)c1. The van der Waals surface area contributed by atoms with Crippen LogP contribution in [0.25, 0.3) is 0 Å². The van der Waals surface area contributed by atoms with Gasteiger partial charge in [-0.05, 0) is 45.4 Å². The maximum Gasteiger partial charge on any atom is 0.322 e. The van der Waals surface area contributed by atoms with Crippen molar-refractivity contribution in [3.63, 3.8) is 0 Å². The Bertz CT molecular complexity index is 990. The lowest BCUT2D eigenvalue weighted by Gasteiger charge is -2.25. The van der Waals surface area contributed by atoms with Crippen LogP contribution in [-0.4, -0.2) is 39.7 Å². The van der Waals surface area contributed by atoms with Crippen molar-refractivity contribution in [2.75, 3.05) is 23.7 Å². The van der Waals surface area contributed by atoms with Crippen molar-refractivity contribution in [3.05, 3.63) is 40.0 Å². The standard InChI is InChI=1S/C24H35Cl2N5O2/c1-8-9-12-30(22(33)27-16-10-11-17(25)18(26)13-16)15-21(32)28-20-14-19(23(2,3)4)29-31(20)24(5,6)7/h10-11,13-14H,8-9,12,15H2,1-7H3,(H,27,33)(H,28,32). The number of nitrogens with zero attached hydrogens (tertiary/aromatic N) is 3. The molecule has 0 saturated carbocycles. The molecule has 2 aromatic rings. The van der Waals surface area contributed by atoms with Gasteiger partial charge in [-0.15, -0.1) is 0 Å². The molecule has 0 unspecified atom stereocenters. The smallest absolute Gasteiger partial charge is 0.315 e. The second kappa shape index (κ2) is 10.8. The van der Waals surface area contributed by atoms with E-state index in [0.29, 0.717) is 28.1 Å². The zero-order chi connectivity index (χ0) is 25.0. The van der Waals surface area contributed by atoms with E-state index in [1.54, 1.807) is 18.2 Å². The summed E-state index contributed by atoms with van der Waals surface area (Å²) in [5, 5.41) is 11.2. The zero-order valence-corrected chi connectivity index (χ0v) is 22.1. The summed E-state index contributed by atoms with van der Waals surface area (Å²) in [5.74, 6) is 0.319. The van der Waals surface area contributed by atoms with Crippen LogP contribution < -0.4 is 10.6 Å². The lowest BCUT2D eigenvalue weighted by molar-refractivity contribution is -0.116. The third-order valence-electron chi connectivity index (χ3n) is 4.95. The molecule has 7 nitrogen and oxygen atoms in total. The quantitative estimate of drug-likeness (QED) is 0.458. The van der Waals surface area contributed by atoms with E-state index in [-0.39, 0.29) is 29.4 Å². The summed E-state index contributed by atoms with van der Waals surface area (Å²) >= 11 is 12.0. The van der Waals surface area contributed by atoms with Crippen LogP contribution in [0.5, 0.6) is 0 Å². The highest BCUT2D eigenvalue weighted by atomic mass is 35.5. The number of rotatable bonds is 7. The molecule has 0 radical (unpaired) electrons. The molecular weight excluding hydrogens is 461 g/mol. The van der Waals surface area contributed by atoms with Gasteiger partial charge in [0.15, 0.2) is 0 Å². The molecule has 9 heteroatoms. The number of urea groups is 1. The molecular formula is C24H35Cl2N5O2. The fourth-order valence-corrected chi connectivity index (χ4v) is 3.38. The van der Waals surface area contributed by atoms with Gasteiger partial charge in [0.2, 0.25) is 5.91 Å². The van der Waals surface area contributed by atoms with Crippen molar-refractivity contribution in [1.82, 2.24) is 14.7 Å². The number of nitrogens with one attached hydrogen (secondary N) is 2. The summed E-state index contributed by atoms with van der Waals surface area (Å²) in [4.78, 5) is 27.4. The Morgan fingerprint density at radius 3 is 2.24 bits per heavy atom. The molecule has 0 aliphatic carbocycles. The second-order valence-corrected chi connectivity index (χ2v) is 10.9. The summed E-state index contributed by atoms with van der Waals surface area (Å²) in [5.41, 5.74) is 0.909. The fourth-order valence-electron chi connectivity index (χ4n) is 3.08. The number of carbonyl (C=O) groups excluding carboxylic acids is 2. The summed E-state index contributed by atoms with van der Waals surface area (Å²) in [6.45, 7) is 14.7. The van der Waals surface area contributed by atoms with E-state index in [0.717, 1.165) is 18.5 Å². The van der Waals surface area contributed by atoms with Gasteiger partial charge in [0.1, 0.15) is 12.4 Å². The minimum absolute atomic E-state index is 0.0900. The maximum absolute atomic E-state index is 13.0. The van der Waals surface area contributed by atoms with Gasteiger partial charge in [-0.2, -0.15) is 5.10 Å². The number of anilines is 2. The average molecular weight is 496 g/mol. The molecule has 1 aromatic carbocycles. The highest BCUT2D eigenvalue weighted by molar-refractivity contribution is 6.42. The number of halogens is 2. The van der Waals surface area contributed by atoms with E-state index in [4.69, 9.17) is 28.3 Å². The minimum atomic E-state index is -0.378. The highest BCUT2D eigenvalue weighted by Gasteiger charge is 2.26. The Morgan fingerprint density at radius 1 is 1.03 bits per heavy atom. The van der Waals surface area contributed by atoms with Crippen molar-refractivity contribution in [3.8, 4) is 0 Å². The second-order valence-electron chi connectivity index (χ2n) is 10.1. The fraction of sp³-hybridized carbons (Fsp3) is 0.542. The maximum atomic E-state index is 13.0. The Morgan fingerprint density at radius 2 is 1.70 bits per heavy atom. The normalized spacial score (nSPS) is 11.9. The molecule has 1 heterocycles. The molecule has 2 N–H and O–H groups in total. The van der Waals surface area contributed by atoms with Gasteiger partial charge < -0.3 is 15.5 Å². The molecule has 2 rings (SSSR count). The van der Waals surface area contributed by atoms with E-state index < -0.39 is 0 Å². The number of aromatic nitrogens is 2. The molecule has 0 spiro atoms. The number of carbonyl (C=O) groups is 2. The molecule has 0 aliphatic heterocycles. The molecule has 0 aliphatic rings. The Labute approximate surface area is 206 Å². The van der Waals surface area contributed by atoms with Gasteiger partial charge in [-0.3, -0.25) is 4.79 Å². The van der Waals surface area contributed by atoms with E-state index in [2.05, 4.69) is 31.4 Å². The van der Waals surface area contributed by atoms with Gasteiger partial charge in [0.25, 0.3) is 0 Å². The Balaban J connectivity index is 2.19. The Hall–Kier alpha value is -2.25. The van der Waals surface area contributed by atoms with Crippen LogP contribution in [-0.2, 0) is 15.7 Å². The van der Waals surface area contributed by atoms with Gasteiger partial charge in [0.05, 0.1) is 21.3 Å².